The number of hydrogen-bond donors (Lipinski definition) is 0. The van der Waals surface area contributed by atoms with Crippen LogP contribution in [0.2, 0.25) is 0 Å². The largest absolute Gasteiger partial charge is 0.316 e. The minimum absolute atomic E-state index is 0.0492. The third-order valence-electron chi connectivity index (χ3n) is 5.09. The average Bonchev–Trinajstić information content (AvgIpc) is 3.23. The molecule has 2 heterocycles. The third kappa shape index (κ3) is 2.66. The van der Waals surface area contributed by atoms with E-state index in [0.717, 1.165) is 29.0 Å². The number of aryl methyl sites for hydroxylation is 1. The van der Waals surface area contributed by atoms with Gasteiger partial charge in [0.15, 0.2) is 0 Å². The highest BCUT2D eigenvalue weighted by Crippen LogP contribution is 2.34. The molecule has 1 aliphatic rings. The van der Waals surface area contributed by atoms with Crippen LogP contribution in [0, 0.1) is 12.3 Å². The average molecular weight is 343 g/mol. The molecule has 1 atom stereocenters. The highest BCUT2D eigenvalue weighted by Gasteiger charge is 2.35. The molecule has 1 fully saturated rings. The third-order valence-corrected chi connectivity index (χ3v) is 5.09. The van der Waals surface area contributed by atoms with Crippen LogP contribution in [-0.2, 0) is 17.8 Å². The molecule has 4 nitrogen and oxygen atoms in total. The summed E-state index contributed by atoms with van der Waals surface area (Å²) in [6.07, 6.45) is 6.95. The summed E-state index contributed by atoms with van der Waals surface area (Å²) in [7, 11) is 0. The molecule has 0 N–H and O–H groups in total. The fourth-order valence-corrected chi connectivity index (χ4v) is 3.85. The molecule has 0 unspecified atom stereocenters. The van der Waals surface area contributed by atoms with Crippen molar-refractivity contribution in [1.82, 2.24) is 9.55 Å². The van der Waals surface area contributed by atoms with Crippen LogP contribution in [0.1, 0.15) is 30.7 Å². The number of carbonyl (C=O) groups excluding carboxylic acids is 1. The molecule has 2 aromatic carbocycles. The van der Waals surface area contributed by atoms with Gasteiger partial charge in [-0.05, 0) is 30.2 Å². The Kier molecular flexibility index (Phi) is 4.22. The number of amides is 1. The Morgan fingerprint density at radius 3 is 2.77 bits per heavy atom. The summed E-state index contributed by atoms with van der Waals surface area (Å²) >= 11 is 0. The van der Waals surface area contributed by atoms with Gasteiger partial charge in [0.1, 0.15) is 5.82 Å². The molecule has 26 heavy (non-hydrogen) atoms. The van der Waals surface area contributed by atoms with Crippen molar-refractivity contribution in [3.63, 3.8) is 0 Å². The zero-order valence-electron chi connectivity index (χ0n) is 14.9. The predicted molar refractivity (Wildman–Crippen MR) is 104 cm³/mol. The van der Waals surface area contributed by atoms with E-state index in [1.165, 1.54) is 5.56 Å². The molecule has 4 rings (SSSR count). The molecule has 4 heteroatoms. The smallest absolute Gasteiger partial charge is 0.227 e. The van der Waals surface area contributed by atoms with E-state index in [1.807, 2.05) is 47.4 Å². The van der Waals surface area contributed by atoms with Crippen LogP contribution in [0.15, 0.2) is 48.5 Å². The van der Waals surface area contributed by atoms with E-state index in [9.17, 15) is 4.79 Å². The molecule has 3 aromatic rings. The molecule has 0 bridgehead atoms. The quantitative estimate of drug-likeness (QED) is 0.677. The first kappa shape index (κ1) is 16.4. The molecule has 1 aromatic heterocycles. The van der Waals surface area contributed by atoms with Gasteiger partial charge in [-0.1, -0.05) is 43.2 Å². The predicted octanol–water partition coefficient (Wildman–Crippen LogP) is 3.75. The Hall–Kier alpha value is -3.06. The standard InChI is InChI=1S/C22H21N3O/c1-3-13-24-20-12-8-6-10-18(20)23-22(24)17-14-21(26)25(15-17)19-11-7-5-9-16(19)4-2/h1,5-12,17H,4,13-15H2,2H3/t17-/m0/s1. The van der Waals surface area contributed by atoms with Crippen molar-refractivity contribution < 1.29 is 4.79 Å². The number of imidazole rings is 1. The molecule has 1 amide bonds. The van der Waals surface area contributed by atoms with E-state index in [1.54, 1.807) is 0 Å². The van der Waals surface area contributed by atoms with Gasteiger partial charge in [0, 0.05) is 24.6 Å². The maximum atomic E-state index is 12.8. The molecule has 1 aliphatic heterocycles. The number of hydrogen-bond acceptors (Lipinski definition) is 2. The number of para-hydroxylation sites is 3. The van der Waals surface area contributed by atoms with E-state index in [4.69, 9.17) is 11.4 Å². The number of nitrogens with zero attached hydrogens (tertiary/aromatic N) is 3. The van der Waals surface area contributed by atoms with E-state index in [2.05, 4.69) is 23.5 Å². The van der Waals surface area contributed by atoms with Crippen LogP contribution >= 0.6 is 0 Å². The summed E-state index contributed by atoms with van der Waals surface area (Å²) in [5, 5.41) is 0. The molecule has 0 radical (unpaired) electrons. The number of aromatic nitrogens is 2. The van der Waals surface area contributed by atoms with E-state index in [-0.39, 0.29) is 11.8 Å². The van der Waals surface area contributed by atoms with Gasteiger partial charge in [0.2, 0.25) is 5.91 Å². The van der Waals surface area contributed by atoms with Crippen LogP contribution < -0.4 is 4.90 Å². The first-order valence-electron chi connectivity index (χ1n) is 8.99. The highest BCUT2D eigenvalue weighted by molar-refractivity contribution is 5.97. The monoisotopic (exact) mass is 343 g/mol. The van der Waals surface area contributed by atoms with Crippen LogP contribution in [0.4, 0.5) is 5.69 Å². The number of benzene rings is 2. The highest BCUT2D eigenvalue weighted by atomic mass is 16.2. The van der Waals surface area contributed by atoms with Gasteiger partial charge in [-0.3, -0.25) is 4.79 Å². The van der Waals surface area contributed by atoms with Gasteiger partial charge in [0.25, 0.3) is 0 Å². The minimum Gasteiger partial charge on any atom is -0.316 e. The van der Waals surface area contributed by atoms with Gasteiger partial charge in [-0.2, -0.15) is 0 Å². The van der Waals surface area contributed by atoms with E-state index < -0.39 is 0 Å². The van der Waals surface area contributed by atoms with Crippen molar-refractivity contribution in [2.75, 3.05) is 11.4 Å². The lowest BCUT2D eigenvalue weighted by Gasteiger charge is -2.20. The summed E-state index contributed by atoms with van der Waals surface area (Å²) in [5.74, 6) is 3.83. The summed E-state index contributed by atoms with van der Waals surface area (Å²) in [4.78, 5) is 19.5. The Bertz CT molecular complexity index is 1010. The van der Waals surface area contributed by atoms with Crippen molar-refractivity contribution in [2.45, 2.75) is 32.2 Å². The molecular weight excluding hydrogens is 322 g/mol. The summed E-state index contributed by atoms with van der Waals surface area (Å²) in [5.41, 5.74) is 4.17. The van der Waals surface area contributed by atoms with Gasteiger partial charge < -0.3 is 9.47 Å². The second kappa shape index (κ2) is 6.68. The zero-order valence-corrected chi connectivity index (χ0v) is 14.9. The molecule has 0 saturated carbocycles. The number of rotatable bonds is 4. The van der Waals surface area contributed by atoms with Crippen molar-refractivity contribution in [3.05, 3.63) is 59.9 Å². The van der Waals surface area contributed by atoms with Gasteiger partial charge in [-0.15, -0.1) is 6.42 Å². The second-order valence-electron chi connectivity index (χ2n) is 6.64. The number of terminal acetylenes is 1. The molecule has 1 saturated heterocycles. The van der Waals surface area contributed by atoms with Crippen LogP contribution in [0.3, 0.4) is 0 Å². The summed E-state index contributed by atoms with van der Waals surface area (Å²) in [6, 6.07) is 16.1. The van der Waals surface area contributed by atoms with E-state index >= 15 is 0 Å². The Labute approximate surface area is 153 Å². The van der Waals surface area contributed by atoms with E-state index in [0.29, 0.717) is 19.5 Å². The second-order valence-corrected chi connectivity index (χ2v) is 6.64. The fraction of sp³-hybridized carbons (Fsp3) is 0.273. The first-order valence-corrected chi connectivity index (χ1v) is 8.99. The Balaban J connectivity index is 1.73. The van der Waals surface area contributed by atoms with Gasteiger partial charge in [-0.25, -0.2) is 4.98 Å². The maximum Gasteiger partial charge on any atom is 0.227 e. The first-order chi connectivity index (χ1) is 12.7. The normalized spacial score (nSPS) is 17.0. The van der Waals surface area contributed by atoms with Crippen LogP contribution in [-0.4, -0.2) is 22.0 Å². The number of carbonyl (C=O) groups is 1. The Morgan fingerprint density at radius 1 is 1.19 bits per heavy atom. The lowest BCUT2D eigenvalue weighted by atomic mass is 10.1. The molecule has 130 valence electrons. The lowest BCUT2D eigenvalue weighted by Crippen LogP contribution is -2.25. The van der Waals surface area contributed by atoms with Gasteiger partial charge in [0.05, 0.1) is 17.6 Å². The minimum atomic E-state index is 0.0492. The Morgan fingerprint density at radius 2 is 1.96 bits per heavy atom. The maximum absolute atomic E-state index is 12.8. The van der Waals surface area contributed by atoms with Crippen LogP contribution in [0.5, 0.6) is 0 Å². The topological polar surface area (TPSA) is 38.1 Å². The van der Waals surface area contributed by atoms with Crippen molar-refractivity contribution in [3.8, 4) is 12.3 Å². The number of anilines is 1. The van der Waals surface area contributed by atoms with Crippen molar-refractivity contribution in [2.24, 2.45) is 0 Å². The molecule has 0 aliphatic carbocycles. The summed E-state index contributed by atoms with van der Waals surface area (Å²) < 4.78 is 2.07. The molecular formula is C22H21N3O. The number of fused-ring (bicyclic) bond motifs is 1. The zero-order chi connectivity index (χ0) is 18.1. The van der Waals surface area contributed by atoms with Crippen molar-refractivity contribution >= 4 is 22.6 Å². The summed E-state index contributed by atoms with van der Waals surface area (Å²) in [6.45, 7) is 3.22. The van der Waals surface area contributed by atoms with Crippen LogP contribution in [0.25, 0.3) is 11.0 Å². The lowest BCUT2D eigenvalue weighted by molar-refractivity contribution is -0.117. The molecule has 0 spiro atoms. The SMILES string of the molecule is C#CCn1c([C@H]2CC(=O)N(c3ccccc3CC)C2)nc2ccccc21. The van der Waals surface area contributed by atoms with Crippen molar-refractivity contribution in [1.29, 1.82) is 0 Å². The van der Waals surface area contributed by atoms with Gasteiger partial charge >= 0.3 is 0 Å². The fourth-order valence-electron chi connectivity index (χ4n) is 3.85.